The van der Waals surface area contributed by atoms with Gasteiger partial charge >= 0.3 is 0 Å². The maximum absolute atomic E-state index is 5.48. The van der Waals surface area contributed by atoms with Crippen LogP contribution in [0.5, 0.6) is 11.5 Å². The third kappa shape index (κ3) is 3.49. The van der Waals surface area contributed by atoms with Gasteiger partial charge in [0.15, 0.2) is 11.5 Å². The number of hydrogen-bond donors (Lipinski definition) is 0. The lowest BCUT2D eigenvalue weighted by atomic mass is 10.2. The van der Waals surface area contributed by atoms with Crippen molar-refractivity contribution >= 4 is 17.1 Å². The molecule has 4 rings (SSSR count). The van der Waals surface area contributed by atoms with Gasteiger partial charge in [-0.05, 0) is 35.9 Å². The number of allylic oxidation sites excluding steroid dienone is 1. The van der Waals surface area contributed by atoms with Crippen LogP contribution in [-0.2, 0) is 6.54 Å². The highest BCUT2D eigenvalue weighted by Gasteiger charge is 2.14. The normalized spacial score (nSPS) is 11.2. The molecule has 1 heterocycles. The van der Waals surface area contributed by atoms with Gasteiger partial charge in [-0.1, -0.05) is 54.6 Å². The van der Waals surface area contributed by atoms with Gasteiger partial charge in [-0.2, -0.15) is 0 Å². The van der Waals surface area contributed by atoms with E-state index in [0.717, 1.165) is 29.0 Å². The second-order valence-corrected chi connectivity index (χ2v) is 6.42. The first-order valence-electron chi connectivity index (χ1n) is 9.19. The van der Waals surface area contributed by atoms with E-state index >= 15 is 0 Å². The van der Waals surface area contributed by atoms with E-state index in [9.17, 15) is 0 Å². The fourth-order valence-electron chi connectivity index (χ4n) is 3.31. The Bertz CT molecular complexity index is 1110. The SMILES string of the molecule is COc1ccc(-c2nc3ccccc3n2C/C=C/c2ccccc2)cc1OC. The maximum atomic E-state index is 5.48. The van der Waals surface area contributed by atoms with Crippen molar-refractivity contribution in [2.75, 3.05) is 14.2 Å². The number of fused-ring (bicyclic) bond motifs is 1. The van der Waals surface area contributed by atoms with Crippen molar-refractivity contribution in [2.24, 2.45) is 0 Å². The molecule has 0 atom stereocenters. The van der Waals surface area contributed by atoms with Crippen LogP contribution in [0.3, 0.4) is 0 Å². The van der Waals surface area contributed by atoms with E-state index in [1.807, 2.05) is 54.6 Å². The van der Waals surface area contributed by atoms with Gasteiger partial charge in [0.2, 0.25) is 0 Å². The Morgan fingerprint density at radius 2 is 1.61 bits per heavy atom. The molecule has 0 aliphatic rings. The lowest BCUT2D eigenvalue weighted by Gasteiger charge is -2.11. The third-order valence-electron chi connectivity index (χ3n) is 4.69. The molecule has 0 bridgehead atoms. The molecule has 3 aromatic carbocycles. The first kappa shape index (κ1) is 17.9. The number of benzene rings is 3. The zero-order chi connectivity index (χ0) is 19.3. The molecule has 4 nitrogen and oxygen atoms in total. The van der Waals surface area contributed by atoms with Crippen molar-refractivity contribution in [2.45, 2.75) is 6.54 Å². The van der Waals surface area contributed by atoms with E-state index in [1.54, 1.807) is 14.2 Å². The van der Waals surface area contributed by atoms with E-state index < -0.39 is 0 Å². The van der Waals surface area contributed by atoms with Crippen LogP contribution in [0.15, 0.2) is 78.9 Å². The zero-order valence-corrected chi connectivity index (χ0v) is 16.0. The summed E-state index contributed by atoms with van der Waals surface area (Å²) in [6, 6.07) is 24.4. The summed E-state index contributed by atoms with van der Waals surface area (Å²) in [4.78, 5) is 4.87. The Labute approximate surface area is 164 Å². The Kier molecular flexibility index (Phi) is 5.11. The Hall–Kier alpha value is -3.53. The Morgan fingerprint density at radius 1 is 0.857 bits per heavy atom. The van der Waals surface area contributed by atoms with Gasteiger partial charge in [0, 0.05) is 12.1 Å². The standard InChI is InChI=1S/C24H22N2O2/c1-27-22-15-14-19(17-23(22)28-2)24-25-20-12-6-7-13-21(20)26(24)16-8-11-18-9-4-3-5-10-18/h3-15,17H,16H2,1-2H3/b11-8+. The Balaban J connectivity index is 1.76. The molecule has 0 aliphatic carbocycles. The van der Waals surface area contributed by atoms with Crippen LogP contribution in [-0.4, -0.2) is 23.8 Å². The van der Waals surface area contributed by atoms with Gasteiger partial charge in [-0.25, -0.2) is 4.98 Å². The molecule has 0 spiro atoms. The molecule has 0 saturated heterocycles. The number of hydrogen-bond acceptors (Lipinski definition) is 3. The highest BCUT2D eigenvalue weighted by molar-refractivity contribution is 5.81. The highest BCUT2D eigenvalue weighted by atomic mass is 16.5. The largest absolute Gasteiger partial charge is 0.493 e. The molecule has 0 N–H and O–H groups in total. The van der Waals surface area contributed by atoms with Crippen molar-refractivity contribution < 1.29 is 9.47 Å². The van der Waals surface area contributed by atoms with Gasteiger partial charge in [-0.3, -0.25) is 0 Å². The summed E-state index contributed by atoms with van der Waals surface area (Å²) in [5, 5.41) is 0. The maximum Gasteiger partial charge on any atom is 0.161 e. The molecular formula is C24H22N2O2. The molecule has 0 saturated carbocycles. The molecule has 0 radical (unpaired) electrons. The molecular weight excluding hydrogens is 348 g/mol. The van der Waals surface area contributed by atoms with E-state index in [0.29, 0.717) is 11.5 Å². The monoisotopic (exact) mass is 370 g/mol. The molecule has 140 valence electrons. The summed E-state index contributed by atoms with van der Waals surface area (Å²) in [6.45, 7) is 0.721. The highest BCUT2D eigenvalue weighted by Crippen LogP contribution is 2.33. The first-order valence-corrected chi connectivity index (χ1v) is 9.19. The zero-order valence-electron chi connectivity index (χ0n) is 16.0. The number of ether oxygens (including phenoxy) is 2. The van der Waals surface area contributed by atoms with Crippen LogP contribution in [0.4, 0.5) is 0 Å². The summed E-state index contributed by atoms with van der Waals surface area (Å²) in [5.74, 6) is 2.30. The summed E-state index contributed by atoms with van der Waals surface area (Å²) in [5.41, 5.74) is 4.24. The molecule has 0 fully saturated rings. The van der Waals surface area contributed by atoms with Crippen LogP contribution >= 0.6 is 0 Å². The third-order valence-corrected chi connectivity index (χ3v) is 4.69. The molecule has 28 heavy (non-hydrogen) atoms. The van der Waals surface area contributed by atoms with E-state index in [1.165, 1.54) is 5.56 Å². The van der Waals surface area contributed by atoms with E-state index in [2.05, 4.69) is 34.9 Å². The number of methoxy groups -OCH3 is 2. The first-order chi connectivity index (χ1) is 13.8. The topological polar surface area (TPSA) is 36.3 Å². The molecule has 4 aromatic rings. The molecule has 4 heteroatoms. The van der Waals surface area contributed by atoms with E-state index in [4.69, 9.17) is 14.5 Å². The van der Waals surface area contributed by atoms with Crippen molar-refractivity contribution in [3.05, 3.63) is 84.4 Å². The summed E-state index contributed by atoms with van der Waals surface area (Å²) >= 11 is 0. The van der Waals surface area contributed by atoms with Crippen molar-refractivity contribution in [3.8, 4) is 22.9 Å². The smallest absolute Gasteiger partial charge is 0.161 e. The van der Waals surface area contributed by atoms with Gasteiger partial charge in [-0.15, -0.1) is 0 Å². The quantitative estimate of drug-likeness (QED) is 0.454. The van der Waals surface area contributed by atoms with Crippen LogP contribution in [0.2, 0.25) is 0 Å². The number of imidazole rings is 1. The van der Waals surface area contributed by atoms with Gasteiger partial charge in [0.05, 0.1) is 25.3 Å². The van der Waals surface area contributed by atoms with Crippen molar-refractivity contribution in [1.29, 1.82) is 0 Å². The lowest BCUT2D eigenvalue weighted by molar-refractivity contribution is 0.355. The van der Waals surface area contributed by atoms with Crippen LogP contribution < -0.4 is 9.47 Å². The summed E-state index contributed by atoms with van der Waals surface area (Å²) in [6.07, 6.45) is 4.29. The second-order valence-electron chi connectivity index (χ2n) is 6.42. The average Bonchev–Trinajstić information content (AvgIpc) is 3.12. The van der Waals surface area contributed by atoms with Crippen LogP contribution in [0.25, 0.3) is 28.5 Å². The van der Waals surface area contributed by atoms with Crippen molar-refractivity contribution in [3.63, 3.8) is 0 Å². The van der Waals surface area contributed by atoms with Gasteiger partial charge in [0.25, 0.3) is 0 Å². The predicted octanol–water partition coefficient (Wildman–Crippen LogP) is 5.43. The average molecular weight is 370 g/mol. The minimum atomic E-state index is 0.693. The predicted molar refractivity (Wildman–Crippen MR) is 114 cm³/mol. The number of para-hydroxylation sites is 2. The molecule has 1 aromatic heterocycles. The summed E-state index contributed by atoms with van der Waals surface area (Å²) in [7, 11) is 3.29. The fourth-order valence-corrected chi connectivity index (χ4v) is 3.31. The van der Waals surface area contributed by atoms with E-state index in [-0.39, 0.29) is 0 Å². The molecule has 0 aliphatic heterocycles. The number of aromatic nitrogens is 2. The molecule has 0 unspecified atom stereocenters. The minimum Gasteiger partial charge on any atom is -0.493 e. The number of rotatable bonds is 6. The number of nitrogens with zero attached hydrogens (tertiary/aromatic N) is 2. The van der Waals surface area contributed by atoms with Gasteiger partial charge < -0.3 is 14.0 Å². The van der Waals surface area contributed by atoms with Gasteiger partial charge in [0.1, 0.15) is 5.82 Å². The van der Waals surface area contributed by atoms with Crippen LogP contribution in [0, 0.1) is 0 Å². The van der Waals surface area contributed by atoms with Crippen LogP contribution in [0.1, 0.15) is 5.56 Å². The second kappa shape index (κ2) is 8.01. The van der Waals surface area contributed by atoms with Crippen molar-refractivity contribution in [1.82, 2.24) is 9.55 Å². The minimum absolute atomic E-state index is 0.693. The summed E-state index contributed by atoms with van der Waals surface area (Å²) < 4.78 is 13.1. The fraction of sp³-hybridized carbons (Fsp3) is 0.125. The Morgan fingerprint density at radius 3 is 2.39 bits per heavy atom. The molecule has 0 amide bonds. The lowest BCUT2D eigenvalue weighted by Crippen LogP contribution is -1.99.